The Hall–Kier alpha value is -2.00. The molecule has 2 atom stereocenters. The number of nitrogens with zero attached hydrogens (tertiary/aromatic N) is 1. The second-order valence-electron chi connectivity index (χ2n) is 6.43. The lowest BCUT2D eigenvalue weighted by Crippen LogP contribution is -2.35. The quantitative estimate of drug-likeness (QED) is 0.859. The Labute approximate surface area is 138 Å². The highest BCUT2D eigenvalue weighted by atomic mass is 16.5. The maximum absolute atomic E-state index is 5.53. The van der Waals surface area contributed by atoms with Crippen molar-refractivity contribution in [2.45, 2.75) is 24.8 Å². The lowest BCUT2D eigenvalue weighted by atomic mass is 9.76. The Balaban J connectivity index is 2.11. The first kappa shape index (κ1) is 15.9. The van der Waals surface area contributed by atoms with Crippen molar-refractivity contribution >= 4 is 0 Å². The van der Waals surface area contributed by atoms with Gasteiger partial charge < -0.3 is 14.4 Å². The van der Waals surface area contributed by atoms with E-state index in [0.29, 0.717) is 12.0 Å². The summed E-state index contributed by atoms with van der Waals surface area (Å²) in [4.78, 5) is 2.33. The highest BCUT2D eigenvalue weighted by Gasteiger charge is 2.30. The van der Waals surface area contributed by atoms with E-state index in [4.69, 9.17) is 9.47 Å². The maximum atomic E-state index is 5.53. The van der Waals surface area contributed by atoms with E-state index >= 15 is 0 Å². The summed E-state index contributed by atoms with van der Waals surface area (Å²) < 4.78 is 11.0. The van der Waals surface area contributed by atoms with Crippen LogP contribution >= 0.6 is 0 Å². The summed E-state index contributed by atoms with van der Waals surface area (Å²) in [5.74, 6) is 2.03. The molecule has 0 aromatic heterocycles. The monoisotopic (exact) mass is 311 g/mol. The van der Waals surface area contributed by atoms with Crippen LogP contribution in [0, 0.1) is 0 Å². The summed E-state index contributed by atoms with van der Waals surface area (Å²) >= 11 is 0. The number of rotatable bonds is 4. The van der Waals surface area contributed by atoms with Gasteiger partial charge in [-0.15, -0.1) is 0 Å². The first-order valence-electron chi connectivity index (χ1n) is 8.10. The molecule has 0 N–H and O–H groups in total. The zero-order chi connectivity index (χ0) is 16.4. The van der Waals surface area contributed by atoms with Crippen molar-refractivity contribution < 1.29 is 9.47 Å². The van der Waals surface area contributed by atoms with Gasteiger partial charge in [-0.1, -0.05) is 30.3 Å². The molecule has 0 fully saturated rings. The summed E-state index contributed by atoms with van der Waals surface area (Å²) in [5, 5.41) is 0. The normalized spacial score (nSPS) is 20.2. The highest BCUT2D eigenvalue weighted by Crippen LogP contribution is 2.42. The van der Waals surface area contributed by atoms with Crippen molar-refractivity contribution in [2.24, 2.45) is 0 Å². The van der Waals surface area contributed by atoms with E-state index in [1.165, 1.54) is 16.7 Å². The fraction of sp³-hybridized carbons (Fsp3) is 0.400. The summed E-state index contributed by atoms with van der Waals surface area (Å²) in [7, 11) is 7.73. The van der Waals surface area contributed by atoms with Gasteiger partial charge in [0, 0.05) is 12.0 Å². The molecule has 3 rings (SSSR count). The standard InChI is InChI=1S/C20H25NO2/c1-21(2)16-10-15-11-19(22-3)20(23-4)13-18(15)17(12-16)14-8-6-5-7-9-14/h5-9,11,13,16-17H,10,12H2,1-4H3/t16-,17-/m1/s1. The van der Waals surface area contributed by atoms with Gasteiger partial charge in [0.15, 0.2) is 11.5 Å². The van der Waals surface area contributed by atoms with Gasteiger partial charge in [0.25, 0.3) is 0 Å². The van der Waals surface area contributed by atoms with Crippen LogP contribution in [-0.2, 0) is 6.42 Å². The molecule has 0 radical (unpaired) electrons. The fourth-order valence-electron chi connectivity index (χ4n) is 3.57. The zero-order valence-electron chi connectivity index (χ0n) is 14.4. The molecule has 2 aromatic rings. The number of likely N-dealkylation sites (N-methyl/N-ethyl adjacent to an activating group) is 1. The topological polar surface area (TPSA) is 21.7 Å². The summed E-state index contributed by atoms with van der Waals surface area (Å²) in [6, 6.07) is 15.6. The van der Waals surface area contributed by atoms with Gasteiger partial charge >= 0.3 is 0 Å². The second kappa shape index (κ2) is 6.63. The molecule has 0 saturated heterocycles. The maximum Gasteiger partial charge on any atom is 0.161 e. The third kappa shape index (κ3) is 3.06. The van der Waals surface area contributed by atoms with Crippen molar-refractivity contribution in [2.75, 3.05) is 28.3 Å². The van der Waals surface area contributed by atoms with Crippen LogP contribution in [0.1, 0.15) is 29.0 Å². The van der Waals surface area contributed by atoms with E-state index in [-0.39, 0.29) is 0 Å². The Bertz CT molecular complexity index is 667. The highest BCUT2D eigenvalue weighted by molar-refractivity contribution is 5.52. The number of hydrogen-bond acceptors (Lipinski definition) is 3. The second-order valence-corrected chi connectivity index (χ2v) is 6.43. The van der Waals surface area contributed by atoms with Crippen LogP contribution in [0.5, 0.6) is 11.5 Å². The van der Waals surface area contributed by atoms with Gasteiger partial charge in [0.05, 0.1) is 14.2 Å². The molecule has 1 aliphatic carbocycles. The first-order chi connectivity index (χ1) is 11.1. The van der Waals surface area contributed by atoms with Gasteiger partial charge in [0.2, 0.25) is 0 Å². The molecule has 122 valence electrons. The Morgan fingerprint density at radius 3 is 2.22 bits per heavy atom. The number of ether oxygens (including phenoxy) is 2. The van der Waals surface area contributed by atoms with E-state index in [1.807, 2.05) is 0 Å². The van der Waals surface area contributed by atoms with E-state index in [1.54, 1.807) is 14.2 Å². The molecule has 0 saturated carbocycles. The molecule has 0 aliphatic heterocycles. The van der Waals surface area contributed by atoms with Crippen molar-refractivity contribution in [3.05, 3.63) is 59.2 Å². The number of benzene rings is 2. The average Bonchev–Trinajstić information content (AvgIpc) is 2.60. The van der Waals surface area contributed by atoms with Gasteiger partial charge in [-0.25, -0.2) is 0 Å². The van der Waals surface area contributed by atoms with E-state index < -0.39 is 0 Å². The molecule has 3 nitrogen and oxygen atoms in total. The van der Waals surface area contributed by atoms with Crippen LogP contribution in [0.25, 0.3) is 0 Å². The third-order valence-electron chi connectivity index (χ3n) is 4.92. The largest absolute Gasteiger partial charge is 0.493 e. The SMILES string of the molecule is COc1cc2c(cc1OC)[C@@H](c1ccccc1)C[C@H](N(C)C)C2. The minimum atomic E-state index is 0.396. The molecule has 3 heteroatoms. The molecule has 2 aromatic carbocycles. The molecule has 0 bridgehead atoms. The van der Waals surface area contributed by atoms with Crippen molar-refractivity contribution in [3.8, 4) is 11.5 Å². The first-order valence-corrected chi connectivity index (χ1v) is 8.10. The molecular formula is C20H25NO2. The Kier molecular flexibility index (Phi) is 4.58. The summed E-state index contributed by atoms with van der Waals surface area (Å²) in [6.07, 6.45) is 2.17. The molecule has 1 aliphatic rings. The van der Waals surface area contributed by atoms with E-state index in [2.05, 4.69) is 61.5 Å². The number of hydrogen-bond donors (Lipinski definition) is 0. The summed E-state index contributed by atoms with van der Waals surface area (Å²) in [5.41, 5.74) is 4.10. The fourth-order valence-corrected chi connectivity index (χ4v) is 3.57. The molecular weight excluding hydrogens is 286 g/mol. The molecule has 0 spiro atoms. The van der Waals surface area contributed by atoms with Gasteiger partial charge in [-0.3, -0.25) is 0 Å². The average molecular weight is 311 g/mol. The van der Waals surface area contributed by atoms with Crippen molar-refractivity contribution in [1.29, 1.82) is 0 Å². The predicted octanol–water partition coefficient (Wildman–Crippen LogP) is 3.71. The minimum Gasteiger partial charge on any atom is -0.493 e. The lowest BCUT2D eigenvalue weighted by Gasteiger charge is -2.36. The van der Waals surface area contributed by atoms with Crippen molar-refractivity contribution in [3.63, 3.8) is 0 Å². The van der Waals surface area contributed by atoms with Crippen LogP contribution in [0.2, 0.25) is 0 Å². The lowest BCUT2D eigenvalue weighted by molar-refractivity contribution is 0.257. The van der Waals surface area contributed by atoms with Crippen LogP contribution in [0.15, 0.2) is 42.5 Å². The molecule has 23 heavy (non-hydrogen) atoms. The molecule has 0 unspecified atom stereocenters. The van der Waals surface area contributed by atoms with E-state index in [0.717, 1.165) is 24.3 Å². The van der Waals surface area contributed by atoms with Crippen molar-refractivity contribution in [1.82, 2.24) is 4.90 Å². The predicted molar refractivity (Wildman–Crippen MR) is 93.6 cm³/mol. The van der Waals surface area contributed by atoms with Crippen LogP contribution in [0.4, 0.5) is 0 Å². The number of fused-ring (bicyclic) bond motifs is 1. The van der Waals surface area contributed by atoms with Gasteiger partial charge in [-0.2, -0.15) is 0 Å². The smallest absolute Gasteiger partial charge is 0.161 e. The number of methoxy groups -OCH3 is 2. The van der Waals surface area contributed by atoms with E-state index in [9.17, 15) is 0 Å². The third-order valence-corrected chi connectivity index (χ3v) is 4.92. The van der Waals surface area contributed by atoms with Crippen LogP contribution in [-0.4, -0.2) is 39.3 Å². The minimum absolute atomic E-state index is 0.396. The summed E-state index contributed by atoms with van der Waals surface area (Å²) in [6.45, 7) is 0. The Morgan fingerprint density at radius 2 is 1.61 bits per heavy atom. The van der Waals surface area contributed by atoms with Crippen LogP contribution < -0.4 is 9.47 Å². The molecule has 0 heterocycles. The Morgan fingerprint density at radius 1 is 0.957 bits per heavy atom. The zero-order valence-corrected chi connectivity index (χ0v) is 14.4. The van der Waals surface area contributed by atoms with Crippen LogP contribution in [0.3, 0.4) is 0 Å². The van der Waals surface area contributed by atoms with Gasteiger partial charge in [0.1, 0.15) is 0 Å². The molecule has 0 amide bonds. The van der Waals surface area contributed by atoms with Gasteiger partial charge in [-0.05, 0) is 55.8 Å².